The Hall–Kier alpha value is -5.15. The van der Waals surface area contributed by atoms with Crippen LogP contribution in [-0.4, -0.2) is 81.9 Å². The number of amides is 1. The van der Waals surface area contributed by atoms with Gasteiger partial charge in [0.05, 0.1) is 18.1 Å². The topological polar surface area (TPSA) is 193 Å². The van der Waals surface area contributed by atoms with Gasteiger partial charge >= 0.3 is 11.9 Å². The summed E-state index contributed by atoms with van der Waals surface area (Å²) in [5.74, 6) is -5.04. The van der Waals surface area contributed by atoms with E-state index in [1.807, 2.05) is 31.2 Å². The third-order valence-electron chi connectivity index (χ3n) is 14.4. The van der Waals surface area contributed by atoms with Gasteiger partial charge in [-0.1, -0.05) is 48.9 Å². The van der Waals surface area contributed by atoms with Crippen molar-refractivity contribution in [3.8, 4) is 0 Å². The molecule has 0 bridgehead atoms. The number of anilines is 1. The normalized spacial score (nSPS) is 32.1. The molecule has 5 aliphatic rings. The molecule has 1 aromatic heterocycles. The number of hydrogen-bond donors (Lipinski definition) is 3. The number of rotatable bonds is 13. The van der Waals surface area contributed by atoms with Crippen LogP contribution in [0, 0.1) is 22.7 Å². The molecule has 13 nitrogen and oxygen atoms in total. The quantitative estimate of drug-likeness (QED) is 0.167. The molecule has 4 fully saturated rings. The van der Waals surface area contributed by atoms with Crippen LogP contribution in [0.15, 0.2) is 84.7 Å². The second kappa shape index (κ2) is 16.2. The third kappa shape index (κ3) is 7.28. The number of nitrogens with one attached hydrogen (secondary N) is 1. The molecule has 0 unspecified atom stereocenters. The molecule has 9 atom stereocenters. The van der Waals surface area contributed by atoms with E-state index in [1.165, 1.54) is 12.2 Å². The zero-order chi connectivity index (χ0) is 44.2. The lowest BCUT2D eigenvalue weighted by Crippen LogP contribution is -2.70. The molecule has 8 rings (SSSR count). The zero-order valence-electron chi connectivity index (χ0n) is 35.5. The van der Waals surface area contributed by atoms with Gasteiger partial charge in [-0.3, -0.25) is 29.0 Å². The number of esters is 2. The van der Waals surface area contributed by atoms with Gasteiger partial charge in [0.15, 0.2) is 29.4 Å². The Labute approximate surface area is 359 Å². The fraction of sp³-hybridized carbons (Fsp3) is 0.500. The number of aliphatic hydroxyl groups is 1. The van der Waals surface area contributed by atoms with Crippen molar-refractivity contribution in [2.75, 3.05) is 18.5 Å². The summed E-state index contributed by atoms with van der Waals surface area (Å²) in [5.41, 5.74) is 2.74. The van der Waals surface area contributed by atoms with Crippen LogP contribution in [0.2, 0.25) is 0 Å². The average molecular weight is 852 g/mol. The number of benzene rings is 2. The van der Waals surface area contributed by atoms with Crippen molar-refractivity contribution in [1.29, 1.82) is 0 Å². The van der Waals surface area contributed by atoms with Crippen LogP contribution in [0.1, 0.15) is 89.7 Å². The van der Waals surface area contributed by atoms with Crippen molar-refractivity contribution >= 4 is 45.9 Å². The Bertz CT molecular complexity index is 2370. The highest BCUT2D eigenvalue weighted by molar-refractivity contribution is 6.01. The lowest BCUT2D eigenvalue weighted by Gasteiger charge is -2.62. The summed E-state index contributed by atoms with van der Waals surface area (Å²) in [6.45, 7) is 6.43. The Morgan fingerprint density at radius 3 is 2.48 bits per heavy atom. The van der Waals surface area contributed by atoms with Crippen molar-refractivity contribution in [2.45, 2.75) is 114 Å². The van der Waals surface area contributed by atoms with Crippen LogP contribution < -0.4 is 11.1 Å². The number of ketones is 2. The van der Waals surface area contributed by atoms with E-state index in [2.05, 4.69) is 10.3 Å². The number of allylic oxidation sites excluding steroid dienone is 4. The maximum absolute atomic E-state index is 17.7. The fourth-order valence-electron chi connectivity index (χ4n) is 11.4. The number of Topliss-reactive ketones (excluding diaryl/α,β-unsaturated/α-hetero) is 1. The lowest BCUT2D eigenvalue weighted by molar-refractivity contribution is -0.246. The Kier molecular flexibility index (Phi) is 11.4. The van der Waals surface area contributed by atoms with Gasteiger partial charge in [0.2, 0.25) is 11.7 Å². The molecule has 4 N–H and O–H groups in total. The van der Waals surface area contributed by atoms with E-state index in [9.17, 15) is 29.1 Å². The number of halogens is 1. The largest absolute Gasteiger partial charge is 0.461 e. The van der Waals surface area contributed by atoms with Crippen molar-refractivity contribution < 1.29 is 52.4 Å². The molecule has 3 saturated carbocycles. The van der Waals surface area contributed by atoms with Gasteiger partial charge in [-0.25, -0.2) is 4.39 Å². The van der Waals surface area contributed by atoms with Gasteiger partial charge in [0.1, 0.15) is 6.61 Å². The molecule has 0 radical (unpaired) electrons. The van der Waals surface area contributed by atoms with E-state index >= 15 is 4.39 Å². The Morgan fingerprint density at radius 1 is 1.00 bits per heavy atom. The summed E-state index contributed by atoms with van der Waals surface area (Å²) in [4.78, 5) is 69.4. The van der Waals surface area contributed by atoms with Crippen LogP contribution in [0.25, 0.3) is 10.8 Å². The Balaban J connectivity index is 0.827. The first kappa shape index (κ1) is 43.5. The highest BCUT2D eigenvalue weighted by Gasteiger charge is 2.80. The smallest absolute Gasteiger partial charge is 0.306 e. The van der Waals surface area contributed by atoms with E-state index in [1.54, 1.807) is 63.5 Å². The minimum Gasteiger partial charge on any atom is -0.461 e. The van der Waals surface area contributed by atoms with Crippen molar-refractivity contribution in [3.05, 3.63) is 95.9 Å². The summed E-state index contributed by atoms with van der Waals surface area (Å²) in [5, 5.41) is 16.6. The van der Waals surface area contributed by atoms with Gasteiger partial charge in [0.25, 0.3) is 0 Å². The second-order valence-corrected chi connectivity index (χ2v) is 18.4. The molecular formula is C48H54FN3O10. The number of hydrogen-bond acceptors (Lipinski definition) is 12. The predicted octanol–water partition coefficient (Wildman–Crippen LogP) is 6.11. The van der Waals surface area contributed by atoms with Gasteiger partial charge in [0, 0.05) is 59.6 Å². The van der Waals surface area contributed by atoms with Gasteiger partial charge in [-0.05, 0) is 106 Å². The summed E-state index contributed by atoms with van der Waals surface area (Å²) < 4.78 is 41.5. The highest BCUT2D eigenvalue weighted by atomic mass is 19.1. The number of pyridine rings is 1. The van der Waals surface area contributed by atoms with E-state index in [-0.39, 0.29) is 50.5 Å². The summed E-state index contributed by atoms with van der Waals surface area (Å²) in [7, 11) is 0. The number of aliphatic hydroxyl groups excluding tert-OH is 1. The van der Waals surface area contributed by atoms with Crippen molar-refractivity contribution in [2.24, 2.45) is 28.4 Å². The molecule has 62 heavy (non-hydrogen) atoms. The number of carbonyl (C=O) groups is 5. The van der Waals surface area contributed by atoms with Crippen LogP contribution in [0.5, 0.6) is 0 Å². The second-order valence-electron chi connectivity index (χ2n) is 18.4. The number of nitrogens with two attached hydrogens (primary N) is 1. The third-order valence-corrected chi connectivity index (χ3v) is 14.4. The molecule has 328 valence electrons. The van der Waals surface area contributed by atoms with Gasteiger partial charge in [-0.2, -0.15) is 0 Å². The molecule has 1 amide bonds. The standard InChI is InChI=1S/C48H54FN3O10/c1-44(2)61-40-22-37-36-15-13-32-21-34(53)16-18-45(32,3)47(36,49)38(54)23-46(37,4)48(40,62-44)39(55)27-60-42(57)7-5-6-41(56)59-26-28-8-10-29(11-9-28)35(24-50)43(58)52-33-14-12-31-25-51-19-17-30(31)20-33/h8-12,14,16-21,25,35-38,40,54H,5-7,13,15,22-24,26-27,50H2,1-4H3,(H,52,58)/t35-,36+,37+,38+,40-,45+,46+,47+,48-/m1/s1. The maximum Gasteiger partial charge on any atom is 0.306 e. The first-order valence-corrected chi connectivity index (χ1v) is 21.4. The van der Waals surface area contributed by atoms with Crippen LogP contribution in [0.3, 0.4) is 0 Å². The monoisotopic (exact) mass is 851 g/mol. The number of fused-ring (bicyclic) bond motifs is 8. The first-order valence-electron chi connectivity index (χ1n) is 21.4. The number of carbonyl (C=O) groups excluding carboxylic acids is 5. The molecule has 2 aromatic carbocycles. The minimum atomic E-state index is -2.10. The van der Waals surface area contributed by atoms with Crippen LogP contribution in [-0.2, 0) is 49.5 Å². The van der Waals surface area contributed by atoms with Gasteiger partial charge < -0.3 is 35.1 Å². The lowest BCUT2D eigenvalue weighted by atomic mass is 9.44. The Morgan fingerprint density at radius 2 is 1.74 bits per heavy atom. The molecule has 1 saturated heterocycles. The van der Waals surface area contributed by atoms with Gasteiger partial charge in [-0.15, -0.1) is 0 Å². The molecule has 1 aliphatic heterocycles. The molecule has 4 aliphatic carbocycles. The average Bonchev–Trinajstić information content (AvgIpc) is 3.65. The maximum atomic E-state index is 17.7. The molecule has 2 heterocycles. The molecule has 0 spiro atoms. The number of alkyl halides is 1. The molecule has 3 aromatic rings. The minimum absolute atomic E-state index is 0.0164. The van der Waals surface area contributed by atoms with E-state index in [4.69, 9.17) is 24.7 Å². The van der Waals surface area contributed by atoms with Crippen molar-refractivity contribution in [1.82, 2.24) is 4.98 Å². The highest BCUT2D eigenvalue weighted by Crippen LogP contribution is 2.72. The summed E-state index contributed by atoms with van der Waals surface area (Å²) in [6, 6.07) is 14.5. The molecule has 14 heteroatoms. The SMILES string of the molecule is CC1(C)O[C@@H]2C[C@H]3[C@@H]4CCC5=CC(=O)C=C[C@]5(C)[C@@]4(F)[C@@H](O)C[C@]3(C)[C@]2(C(=O)COC(=O)CCCC(=O)OCc2ccc([C@@H](CN)C(=O)Nc3ccc4cnccc4c3)cc2)O1. The van der Waals surface area contributed by atoms with Crippen molar-refractivity contribution in [3.63, 3.8) is 0 Å². The zero-order valence-corrected chi connectivity index (χ0v) is 35.5. The van der Waals surface area contributed by atoms with E-state index in [0.29, 0.717) is 41.6 Å². The van der Waals surface area contributed by atoms with Crippen LogP contribution in [0.4, 0.5) is 10.1 Å². The summed E-state index contributed by atoms with van der Waals surface area (Å²) >= 11 is 0. The van der Waals surface area contributed by atoms with E-state index in [0.717, 1.165) is 10.8 Å². The fourth-order valence-corrected chi connectivity index (χ4v) is 11.4. The number of ether oxygens (including phenoxy) is 4. The molecular weight excluding hydrogens is 798 g/mol. The van der Waals surface area contributed by atoms with Crippen LogP contribution >= 0.6 is 0 Å². The number of nitrogens with zero attached hydrogens (tertiary/aromatic N) is 1. The predicted molar refractivity (Wildman–Crippen MR) is 225 cm³/mol. The van der Waals surface area contributed by atoms with E-state index < -0.39 is 82.2 Å². The summed E-state index contributed by atoms with van der Waals surface area (Å²) in [6.07, 6.45) is 6.58. The number of aromatic nitrogens is 1. The first-order chi connectivity index (χ1) is 29.4.